The summed E-state index contributed by atoms with van der Waals surface area (Å²) in [5, 5.41) is 13.1. The van der Waals surface area contributed by atoms with Crippen LogP contribution in [0.15, 0.2) is 5.16 Å². The first-order chi connectivity index (χ1) is 16.5. The minimum atomic E-state index is -0.376. The van der Waals surface area contributed by atoms with Crippen molar-refractivity contribution >= 4 is 40.0 Å². The van der Waals surface area contributed by atoms with Crippen LogP contribution in [-0.4, -0.2) is 52.2 Å². The van der Waals surface area contributed by atoms with E-state index in [0.717, 1.165) is 61.7 Å². The lowest BCUT2D eigenvalue weighted by Gasteiger charge is -2.16. The Morgan fingerprint density at radius 3 is 2.71 bits per heavy atom. The molecule has 1 atom stereocenters. The van der Waals surface area contributed by atoms with Crippen molar-refractivity contribution in [3.63, 3.8) is 0 Å². The number of nitrogens with one attached hydrogen (secondary N) is 1. The lowest BCUT2D eigenvalue weighted by Crippen LogP contribution is -2.19. The number of aryl methyl sites for hydroxylation is 1. The fourth-order valence-corrected chi connectivity index (χ4v) is 6.66. The summed E-state index contributed by atoms with van der Waals surface area (Å²) in [6.45, 7) is 5.68. The van der Waals surface area contributed by atoms with Crippen molar-refractivity contribution in [1.82, 2.24) is 14.8 Å². The highest BCUT2D eigenvalue weighted by atomic mass is 32.2. The molecule has 34 heavy (non-hydrogen) atoms. The molecule has 0 spiro atoms. The molecule has 1 amide bonds. The molecule has 0 bridgehead atoms. The van der Waals surface area contributed by atoms with Gasteiger partial charge in [-0.15, -0.1) is 21.5 Å². The third-order valence-corrected chi connectivity index (χ3v) is 8.49. The van der Waals surface area contributed by atoms with Crippen molar-refractivity contribution in [1.29, 1.82) is 0 Å². The molecule has 8 nitrogen and oxygen atoms in total. The number of rotatable bonds is 8. The molecule has 2 aliphatic rings. The maximum absolute atomic E-state index is 12.9. The number of fused-ring (bicyclic) bond motifs is 1. The predicted molar refractivity (Wildman–Crippen MR) is 134 cm³/mol. The third-order valence-electron chi connectivity index (χ3n) is 6.32. The molecule has 3 heterocycles. The number of aromatic nitrogens is 3. The van der Waals surface area contributed by atoms with Crippen LogP contribution in [0.5, 0.6) is 0 Å². The Bertz CT molecular complexity index is 1010. The van der Waals surface area contributed by atoms with Gasteiger partial charge in [-0.2, -0.15) is 0 Å². The Labute approximate surface area is 209 Å². The lowest BCUT2D eigenvalue weighted by molar-refractivity contribution is -0.113. The number of ether oxygens (including phenoxy) is 2. The second kappa shape index (κ2) is 11.7. The molecule has 2 aromatic heterocycles. The molecule has 1 N–H and O–H groups in total. The Balaban J connectivity index is 1.47. The van der Waals surface area contributed by atoms with Crippen LogP contribution in [0, 0.1) is 0 Å². The van der Waals surface area contributed by atoms with Crippen LogP contribution in [0.25, 0.3) is 0 Å². The van der Waals surface area contributed by atoms with Crippen molar-refractivity contribution in [3.8, 4) is 0 Å². The van der Waals surface area contributed by atoms with Crippen molar-refractivity contribution in [3.05, 3.63) is 21.8 Å². The van der Waals surface area contributed by atoms with Gasteiger partial charge in [0.1, 0.15) is 10.8 Å². The molecule has 10 heteroatoms. The van der Waals surface area contributed by atoms with Crippen molar-refractivity contribution in [2.75, 3.05) is 24.8 Å². The predicted octanol–water partition coefficient (Wildman–Crippen LogP) is 4.82. The second-order valence-electron chi connectivity index (χ2n) is 9.19. The molecular formula is C24H34N4O4S2. The number of esters is 1. The maximum Gasteiger partial charge on any atom is 0.341 e. The van der Waals surface area contributed by atoms with E-state index in [-0.39, 0.29) is 29.7 Å². The van der Waals surface area contributed by atoms with Gasteiger partial charge in [-0.05, 0) is 44.1 Å². The van der Waals surface area contributed by atoms with E-state index in [4.69, 9.17) is 9.47 Å². The molecule has 2 aromatic rings. The van der Waals surface area contributed by atoms with E-state index in [2.05, 4.69) is 33.9 Å². The largest absolute Gasteiger partial charge is 0.465 e. The summed E-state index contributed by atoms with van der Waals surface area (Å²) < 4.78 is 13.0. The van der Waals surface area contributed by atoms with Gasteiger partial charge in [0.15, 0.2) is 5.16 Å². The quantitative estimate of drug-likeness (QED) is 0.405. The number of anilines is 1. The number of methoxy groups -OCH3 is 1. The highest BCUT2D eigenvalue weighted by Gasteiger charge is 2.27. The summed E-state index contributed by atoms with van der Waals surface area (Å²) in [4.78, 5) is 26.7. The third kappa shape index (κ3) is 5.83. The number of hydrogen-bond donors (Lipinski definition) is 1. The average Bonchev–Trinajstić information content (AvgIpc) is 3.52. The zero-order valence-corrected chi connectivity index (χ0v) is 21.9. The van der Waals surface area contributed by atoms with Crippen LogP contribution in [0.3, 0.4) is 0 Å². The topological polar surface area (TPSA) is 95.3 Å². The van der Waals surface area contributed by atoms with Gasteiger partial charge < -0.3 is 19.4 Å². The molecule has 4 rings (SSSR count). The zero-order valence-electron chi connectivity index (χ0n) is 20.2. The van der Waals surface area contributed by atoms with Gasteiger partial charge in [0.25, 0.3) is 0 Å². The standard InChI is InChI=1S/C24H34N4O4S2/c1-15(2)21-26-27-24(28(21)13-16-9-8-12-32-16)33-14-19(29)25-22-20(23(30)31-3)17-10-6-4-5-7-11-18(17)34-22/h15-16H,4-14H2,1-3H3,(H,25,29). The Hall–Kier alpha value is -1.91. The molecule has 1 saturated heterocycles. The maximum atomic E-state index is 12.9. The lowest BCUT2D eigenvalue weighted by atomic mass is 9.96. The molecule has 1 aliphatic carbocycles. The Kier molecular flexibility index (Phi) is 8.65. The summed E-state index contributed by atoms with van der Waals surface area (Å²) in [5.74, 6) is 0.779. The van der Waals surface area contributed by atoms with Crippen LogP contribution in [0.4, 0.5) is 5.00 Å². The van der Waals surface area contributed by atoms with E-state index >= 15 is 0 Å². The molecule has 0 aromatic carbocycles. The van der Waals surface area contributed by atoms with Gasteiger partial charge in [0.2, 0.25) is 5.91 Å². The van der Waals surface area contributed by atoms with Gasteiger partial charge in [-0.25, -0.2) is 4.79 Å². The van der Waals surface area contributed by atoms with Crippen LogP contribution in [0.1, 0.15) is 84.9 Å². The second-order valence-corrected chi connectivity index (χ2v) is 11.2. The molecule has 1 unspecified atom stereocenters. The molecule has 186 valence electrons. The highest BCUT2D eigenvalue weighted by Crippen LogP contribution is 2.37. The molecular weight excluding hydrogens is 472 g/mol. The van der Waals surface area contributed by atoms with Crippen LogP contribution >= 0.6 is 23.1 Å². The summed E-state index contributed by atoms with van der Waals surface area (Å²) in [5.41, 5.74) is 1.59. The SMILES string of the molecule is COC(=O)c1c(NC(=O)CSc2nnc(C(C)C)n2CC2CCCO2)sc2c1CCCCCC2. The summed E-state index contributed by atoms with van der Waals surface area (Å²) in [6.07, 6.45) is 8.58. The monoisotopic (exact) mass is 506 g/mol. The fourth-order valence-electron chi connectivity index (χ4n) is 4.62. The fraction of sp³-hybridized carbons (Fsp3) is 0.667. The number of hydrogen-bond acceptors (Lipinski definition) is 8. The number of thioether (sulfide) groups is 1. The Morgan fingerprint density at radius 1 is 1.21 bits per heavy atom. The van der Waals surface area contributed by atoms with Crippen LogP contribution in [0.2, 0.25) is 0 Å². The average molecular weight is 507 g/mol. The molecule has 0 saturated carbocycles. The summed E-state index contributed by atoms with van der Waals surface area (Å²) in [6, 6.07) is 0. The highest BCUT2D eigenvalue weighted by molar-refractivity contribution is 7.99. The number of amides is 1. The normalized spacial score (nSPS) is 18.4. The number of carbonyl (C=O) groups excluding carboxylic acids is 2. The van der Waals surface area contributed by atoms with E-state index in [0.29, 0.717) is 17.1 Å². The van der Waals surface area contributed by atoms with Crippen molar-refractivity contribution in [2.24, 2.45) is 0 Å². The number of thiophene rings is 1. The molecule has 0 radical (unpaired) electrons. The van der Waals surface area contributed by atoms with Gasteiger partial charge in [-0.3, -0.25) is 4.79 Å². The minimum Gasteiger partial charge on any atom is -0.465 e. The van der Waals surface area contributed by atoms with E-state index in [1.54, 1.807) is 0 Å². The number of carbonyl (C=O) groups is 2. The first-order valence-electron chi connectivity index (χ1n) is 12.2. The number of nitrogens with zero attached hydrogens (tertiary/aromatic N) is 3. The van der Waals surface area contributed by atoms with E-state index in [1.165, 1.54) is 47.9 Å². The van der Waals surface area contributed by atoms with Gasteiger partial charge in [0.05, 0.1) is 31.1 Å². The van der Waals surface area contributed by atoms with Gasteiger partial charge in [-0.1, -0.05) is 38.5 Å². The molecule has 1 fully saturated rings. The van der Waals surface area contributed by atoms with E-state index in [1.807, 2.05) is 0 Å². The summed E-state index contributed by atoms with van der Waals surface area (Å²) >= 11 is 2.89. The smallest absolute Gasteiger partial charge is 0.341 e. The van der Waals surface area contributed by atoms with Crippen LogP contribution < -0.4 is 5.32 Å². The van der Waals surface area contributed by atoms with E-state index in [9.17, 15) is 9.59 Å². The van der Waals surface area contributed by atoms with Crippen LogP contribution in [-0.2, 0) is 33.7 Å². The zero-order chi connectivity index (χ0) is 24.1. The summed E-state index contributed by atoms with van der Waals surface area (Å²) in [7, 11) is 1.39. The van der Waals surface area contributed by atoms with Crippen molar-refractivity contribution < 1.29 is 19.1 Å². The van der Waals surface area contributed by atoms with Crippen molar-refractivity contribution in [2.45, 2.75) is 88.9 Å². The first-order valence-corrected chi connectivity index (χ1v) is 14.0. The van der Waals surface area contributed by atoms with E-state index < -0.39 is 0 Å². The van der Waals surface area contributed by atoms with Gasteiger partial charge in [0, 0.05) is 17.4 Å². The molecule has 1 aliphatic heterocycles. The first kappa shape index (κ1) is 25.2. The minimum absolute atomic E-state index is 0.162. The Morgan fingerprint density at radius 2 is 2.00 bits per heavy atom. The van der Waals surface area contributed by atoms with Gasteiger partial charge >= 0.3 is 5.97 Å².